The van der Waals surface area contributed by atoms with Gasteiger partial charge in [-0.3, -0.25) is 4.18 Å². The van der Waals surface area contributed by atoms with Crippen LogP contribution in [-0.4, -0.2) is 33.3 Å². The zero-order valence-electron chi connectivity index (χ0n) is 11.4. The highest BCUT2D eigenvalue weighted by molar-refractivity contribution is 7.86. The molecule has 7 heteroatoms. The number of cyclic esters (lactones) is 1. The number of carbonyl (C=O) groups is 1. The Bertz CT molecular complexity index is 596. The number of ether oxygens (including phenoxy) is 1. The Balaban J connectivity index is 2.09. The molecule has 20 heavy (non-hydrogen) atoms. The van der Waals surface area contributed by atoms with E-state index in [9.17, 15) is 13.2 Å². The van der Waals surface area contributed by atoms with Crippen LogP contribution >= 0.6 is 0 Å². The van der Waals surface area contributed by atoms with Gasteiger partial charge in [0.05, 0.1) is 11.5 Å². The molecule has 1 atom stereocenters. The van der Waals surface area contributed by atoms with Gasteiger partial charge in [0, 0.05) is 0 Å². The highest BCUT2D eigenvalue weighted by Crippen LogP contribution is 2.21. The second-order valence-electron chi connectivity index (χ2n) is 4.86. The van der Waals surface area contributed by atoms with Gasteiger partial charge in [-0.05, 0) is 25.5 Å². The van der Waals surface area contributed by atoms with Crippen molar-refractivity contribution in [3.05, 3.63) is 29.8 Å². The number of alkyl carbamates (subject to hydrolysis) is 1. The van der Waals surface area contributed by atoms with Crippen molar-refractivity contribution in [1.29, 1.82) is 0 Å². The highest BCUT2D eigenvalue weighted by atomic mass is 32.2. The van der Waals surface area contributed by atoms with Gasteiger partial charge in [0.2, 0.25) is 0 Å². The number of nitrogens with one attached hydrogen (secondary N) is 1. The Morgan fingerprint density at radius 1 is 1.35 bits per heavy atom. The summed E-state index contributed by atoms with van der Waals surface area (Å²) in [6.45, 7) is 3.66. The predicted octanol–water partition coefficient (Wildman–Crippen LogP) is 1.59. The molecule has 1 heterocycles. The van der Waals surface area contributed by atoms with E-state index in [2.05, 4.69) is 5.32 Å². The number of aryl methyl sites for hydroxylation is 1. The summed E-state index contributed by atoms with van der Waals surface area (Å²) in [5, 5.41) is 2.60. The summed E-state index contributed by atoms with van der Waals surface area (Å²) >= 11 is 0. The van der Waals surface area contributed by atoms with E-state index in [4.69, 9.17) is 8.92 Å². The maximum Gasteiger partial charge on any atom is 0.407 e. The molecule has 0 aromatic heterocycles. The molecule has 6 nitrogen and oxygen atoms in total. The van der Waals surface area contributed by atoms with Gasteiger partial charge in [-0.25, -0.2) is 4.79 Å². The van der Waals surface area contributed by atoms with E-state index in [1.54, 1.807) is 12.1 Å². The number of rotatable bonds is 5. The van der Waals surface area contributed by atoms with Crippen LogP contribution < -0.4 is 5.32 Å². The highest BCUT2D eigenvalue weighted by Gasteiger charge is 2.39. The Labute approximate surface area is 118 Å². The summed E-state index contributed by atoms with van der Waals surface area (Å²) in [4.78, 5) is 11.2. The van der Waals surface area contributed by atoms with Crippen LogP contribution in [0.25, 0.3) is 0 Å². The Hall–Kier alpha value is -1.60. The first kappa shape index (κ1) is 14.8. The van der Waals surface area contributed by atoms with Crippen molar-refractivity contribution in [1.82, 2.24) is 5.32 Å². The SMILES string of the molecule is CCC1(COS(=O)(=O)c2ccc(C)cc2)COC(=O)N1. The van der Waals surface area contributed by atoms with Gasteiger partial charge in [-0.1, -0.05) is 24.6 Å². The van der Waals surface area contributed by atoms with E-state index in [0.717, 1.165) is 5.56 Å². The van der Waals surface area contributed by atoms with E-state index in [-0.39, 0.29) is 18.1 Å². The lowest BCUT2D eigenvalue weighted by atomic mass is 10.0. The lowest BCUT2D eigenvalue weighted by Gasteiger charge is -2.23. The number of amides is 1. The van der Waals surface area contributed by atoms with Crippen LogP contribution in [0.5, 0.6) is 0 Å². The van der Waals surface area contributed by atoms with Crippen molar-refractivity contribution in [3.63, 3.8) is 0 Å². The van der Waals surface area contributed by atoms with Crippen LogP contribution in [0.1, 0.15) is 18.9 Å². The molecule has 1 aliphatic heterocycles. The molecule has 1 fully saturated rings. The molecule has 2 rings (SSSR count). The van der Waals surface area contributed by atoms with Crippen LogP contribution in [0.2, 0.25) is 0 Å². The first-order chi connectivity index (χ1) is 9.37. The molecule has 0 bridgehead atoms. The third-order valence-corrected chi connectivity index (χ3v) is 4.60. The number of hydrogen-bond acceptors (Lipinski definition) is 5. The monoisotopic (exact) mass is 299 g/mol. The van der Waals surface area contributed by atoms with Gasteiger partial charge in [-0.15, -0.1) is 0 Å². The molecule has 0 radical (unpaired) electrons. The third kappa shape index (κ3) is 3.10. The molecule has 110 valence electrons. The number of hydrogen-bond donors (Lipinski definition) is 1. The van der Waals surface area contributed by atoms with E-state index >= 15 is 0 Å². The molecule has 1 unspecified atom stereocenters. The van der Waals surface area contributed by atoms with Gasteiger partial charge in [0.15, 0.2) is 0 Å². The number of benzene rings is 1. The zero-order chi connectivity index (χ0) is 14.8. The molecule has 0 aliphatic carbocycles. The van der Waals surface area contributed by atoms with E-state index in [0.29, 0.717) is 6.42 Å². The quantitative estimate of drug-likeness (QED) is 0.835. The van der Waals surface area contributed by atoms with Crippen molar-refractivity contribution in [2.75, 3.05) is 13.2 Å². The fourth-order valence-electron chi connectivity index (χ4n) is 1.83. The number of carbonyl (C=O) groups excluding carboxylic acids is 1. The molecular formula is C13H17NO5S. The second kappa shape index (κ2) is 5.41. The second-order valence-corrected chi connectivity index (χ2v) is 6.48. The minimum absolute atomic E-state index is 0.0968. The Morgan fingerprint density at radius 2 is 2.00 bits per heavy atom. The van der Waals surface area contributed by atoms with Gasteiger partial charge in [0.1, 0.15) is 12.1 Å². The fraction of sp³-hybridized carbons (Fsp3) is 0.462. The topological polar surface area (TPSA) is 81.7 Å². The average Bonchev–Trinajstić information content (AvgIpc) is 2.80. The average molecular weight is 299 g/mol. The molecule has 1 N–H and O–H groups in total. The minimum Gasteiger partial charge on any atom is -0.447 e. The summed E-state index contributed by atoms with van der Waals surface area (Å²) < 4.78 is 34.0. The van der Waals surface area contributed by atoms with Crippen molar-refractivity contribution < 1.29 is 22.1 Å². The minimum atomic E-state index is -3.84. The van der Waals surface area contributed by atoms with Crippen LogP contribution in [0, 0.1) is 6.92 Å². The van der Waals surface area contributed by atoms with Crippen molar-refractivity contribution in [3.8, 4) is 0 Å². The van der Waals surface area contributed by atoms with Crippen molar-refractivity contribution in [2.24, 2.45) is 0 Å². The third-order valence-electron chi connectivity index (χ3n) is 3.32. The summed E-state index contributed by atoms with van der Waals surface area (Å²) in [5.41, 5.74) is 0.180. The van der Waals surface area contributed by atoms with Gasteiger partial charge >= 0.3 is 6.09 Å². The molecule has 1 aromatic rings. The first-order valence-electron chi connectivity index (χ1n) is 6.28. The Kier molecular flexibility index (Phi) is 4.01. The van der Waals surface area contributed by atoms with Gasteiger partial charge in [0.25, 0.3) is 10.1 Å². The lowest BCUT2D eigenvalue weighted by molar-refractivity contribution is 0.154. The molecule has 1 saturated heterocycles. The predicted molar refractivity (Wildman–Crippen MR) is 71.8 cm³/mol. The normalized spacial score (nSPS) is 22.4. The molecule has 0 saturated carbocycles. The zero-order valence-corrected chi connectivity index (χ0v) is 12.2. The largest absolute Gasteiger partial charge is 0.447 e. The molecule has 1 aliphatic rings. The van der Waals surface area contributed by atoms with Crippen molar-refractivity contribution >= 4 is 16.2 Å². The standard InChI is InChI=1S/C13H17NO5S/c1-3-13(8-18-12(15)14-13)9-19-20(16,17)11-6-4-10(2)5-7-11/h4-7H,3,8-9H2,1-2H3,(H,14,15). The summed E-state index contributed by atoms with van der Waals surface area (Å²) in [6, 6.07) is 6.39. The molecular weight excluding hydrogens is 282 g/mol. The van der Waals surface area contributed by atoms with E-state index in [1.807, 2.05) is 13.8 Å². The van der Waals surface area contributed by atoms with Crippen LogP contribution in [0.3, 0.4) is 0 Å². The first-order valence-corrected chi connectivity index (χ1v) is 7.69. The van der Waals surface area contributed by atoms with Crippen molar-refractivity contribution in [2.45, 2.75) is 30.7 Å². The van der Waals surface area contributed by atoms with E-state index in [1.165, 1.54) is 12.1 Å². The molecule has 1 amide bonds. The summed E-state index contributed by atoms with van der Waals surface area (Å²) in [7, 11) is -3.84. The van der Waals surface area contributed by atoms with Gasteiger partial charge in [-0.2, -0.15) is 8.42 Å². The summed E-state index contributed by atoms with van der Waals surface area (Å²) in [5.74, 6) is 0. The molecule has 0 spiro atoms. The van der Waals surface area contributed by atoms with E-state index < -0.39 is 21.8 Å². The Morgan fingerprint density at radius 3 is 2.50 bits per heavy atom. The maximum atomic E-state index is 12.1. The van der Waals surface area contributed by atoms with Crippen LogP contribution in [-0.2, 0) is 19.0 Å². The summed E-state index contributed by atoms with van der Waals surface area (Å²) in [6.07, 6.45) is -0.0366. The lowest BCUT2D eigenvalue weighted by Crippen LogP contribution is -2.47. The maximum absolute atomic E-state index is 12.1. The fourth-order valence-corrected chi connectivity index (χ4v) is 2.81. The van der Waals surface area contributed by atoms with Crippen LogP contribution in [0.15, 0.2) is 29.2 Å². The smallest absolute Gasteiger partial charge is 0.407 e. The molecule has 1 aromatic carbocycles. The van der Waals surface area contributed by atoms with Crippen LogP contribution in [0.4, 0.5) is 4.79 Å². The van der Waals surface area contributed by atoms with Gasteiger partial charge < -0.3 is 10.1 Å².